The minimum atomic E-state index is -0.889. The van der Waals surface area contributed by atoms with Crippen LogP contribution in [0.25, 0.3) is 10.9 Å². The topological polar surface area (TPSA) is 25.8 Å². The molecule has 1 heterocycles. The number of rotatable bonds is 2. The molecule has 0 aliphatic rings. The van der Waals surface area contributed by atoms with Crippen LogP contribution < -0.4 is 0 Å². The molecule has 0 radical (unpaired) electrons. The molecule has 0 unspecified atom stereocenters. The molecule has 0 aliphatic carbocycles. The van der Waals surface area contributed by atoms with Crippen LogP contribution in [0.1, 0.15) is 19.2 Å². The van der Waals surface area contributed by atoms with Gasteiger partial charge in [0, 0.05) is 17.9 Å². The summed E-state index contributed by atoms with van der Waals surface area (Å²) in [6.45, 7) is 2.01. The molecule has 0 spiro atoms. The van der Waals surface area contributed by atoms with Crippen molar-refractivity contribution in [2.75, 3.05) is 0 Å². The van der Waals surface area contributed by atoms with Gasteiger partial charge in [-0.1, -0.05) is 6.92 Å². The van der Waals surface area contributed by atoms with Gasteiger partial charge in [-0.2, -0.15) is 0 Å². The smallest absolute Gasteiger partial charge is 0.161 e. The Balaban J connectivity index is 2.67. The fourth-order valence-corrected chi connectivity index (χ4v) is 1.99. The maximum Gasteiger partial charge on any atom is 0.161 e. The summed E-state index contributed by atoms with van der Waals surface area (Å²) in [4.78, 5) is 8.36. The molecule has 5 heteroatoms. The van der Waals surface area contributed by atoms with Crippen LogP contribution in [0.4, 0.5) is 8.78 Å². The number of nitrogens with zero attached hydrogens (tertiary/aromatic N) is 2. The largest absolute Gasteiger partial charge is 0.233 e. The molecule has 1 aromatic heterocycles. The maximum absolute atomic E-state index is 13.0. The molecule has 0 atom stereocenters. The molecule has 0 aliphatic heterocycles. The van der Waals surface area contributed by atoms with Gasteiger partial charge >= 0.3 is 0 Å². The van der Waals surface area contributed by atoms with Crippen LogP contribution in [0.5, 0.6) is 0 Å². The van der Waals surface area contributed by atoms with Crippen molar-refractivity contribution >= 4 is 26.8 Å². The van der Waals surface area contributed by atoms with Crippen molar-refractivity contribution in [2.24, 2.45) is 0 Å². The molecule has 0 bridgehead atoms. The molecule has 84 valence electrons. The average Bonchev–Trinajstić information content (AvgIpc) is 2.22. The summed E-state index contributed by atoms with van der Waals surface area (Å²) < 4.78 is 26.6. The van der Waals surface area contributed by atoms with Crippen molar-refractivity contribution < 1.29 is 8.78 Å². The van der Waals surface area contributed by atoms with E-state index in [1.165, 1.54) is 0 Å². The second kappa shape index (κ2) is 4.41. The zero-order valence-electron chi connectivity index (χ0n) is 8.60. The number of benzene rings is 1. The lowest BCUT2D eigenvalue weighted by Crippen LogP contribution is -1.97. The van der Waals surface area contributed by atoms with E-state index in [9.17, 15) is 8.78 Å². The van der Waals surface area contributed by atoms with Crippen LogP contribution in [-0.4, -0.2) is 9.97 Å². The predicted molar refractivity (Wildman–Crippen MR) is 61.1 cm³/mol. The van der Waals surface area contributed by atoms with Gasteiger partial charge in [0.05, 0.1) is 5.52 Å². The second-order valence-corrected chi connectivity index (χ2v) is 4.22. The Kier molecular flexibility index (Phi) is 3.14. The van der Waals surface area contributed by atoms with E-state index in [4.69, 9.17) is 0 Å². The van der Waals surface area contributed by atoms with Gasteiger partial charge in [0.25, 0.3) is 0 Å². The zero-order chi connectivity index (χ0) is 11.7. The van der Waals surface area contributed by atoms with Crippen LogP contribution in [0.2, 0.25) is 0 Å². The molecular weight excluding hydrogens is 278 g/mol. The van der Waals surface area contributed by atoms with Gasteiger partial charge in [-0.25, -0.2) is 18.7 Å². The highest BCUT2D eigenvalue weighted by atomic mass is 79.9. The van der Waals surface area contributed by atoms with Gasteiger partial charge in [0.1, 0.15) is 10.4 Å². The summed E-state index contributed by atoms with van der Waals surface area (Å²) in [7, 11) is 0. The number of hydrogen-bond donors (Lipinski definition) is 0. The third-order valence-electron chi connectivity index (χ3n) is 2.21. The van der Waals surface area contributed by atoms with E-state index < -0.39 is 11.6 Å². The number of aryl methyl sites for hydroxylation is 1. The number of hydrogen-bond acceptors (Lipinski definition) is 2. The number of fused-ring (bicyclic) bond motifs is 1. The van der Waals surface area contributed by atoms with E-state index in [0.29, 0.717) is 27.8 Å². The maximum atomic E-state index is 13.0. The second-order valence-electron chi connectivity index (χ2n) is 3.46. The quantitative estimate of drug-likeness (QED) is 0.788. The molecule has 16 heavy (non-hydrogen) atoms. The fourth-order valence-electron chi connectivity index (χ4n) is 1.47. The zero-order valence-corrected chi connectivity index (χ0v) is 10.2. The Morgan fingerprint density at radius 3 is 2.56 bits per heavy atom. The molecule has 2 aromatic rings. The highest BCUT2D eigenvalue weighted by molar-refractivity contribution is 9.10. The lowest BCUT2D eigenvalue weighted by molar-refractivity contribution is 0.510. The van der Waals surface area contributed by atoms with Gasteiger partial charge in [-0.3, -0.25) is 0 Å². The van der Waals surface area contributed by atoms with Crippen LogP contribution in [0.3, 0.4) is 0 Å². The Labute approximate surface area is 99.8 Å². The van der Waals surface area contributed by atoms with Crippen molar-refractivity contribution in [2.45, 2.75) is 19.8 Å². The normalized spacial score (nSPS) is 11.0. The van der Waals surface area contributed by atoms with Crippen molar-refractivity contribution in [3.8, 4) is 0 Å². The molecule has 0 N–H and O–H groups in total. The van der Waals surface area contributed by atoms with Gasteiger partial charge in [0.15, 0.2) is 11.6 Å². The summed E-state index contributed by atoms with van der Waals surface area (Å²) in [5.41, 5.74) is 0.421. The molecule has 2 nitrogen and oxygen atoms in total. The van der Waals surface area contributed by atoms with Gasteiger partial charge in [-0.05, 0) is 28.4 Å². The first-order valence-corrected chi connectivity index (χ1v) is 5.72. The van der Waals surface area contributed by atoms with Crippen LogP contribution in [0.15, 0.2) is 16.7 Å². The summed E-state index contributed by atoms with van der Waals surface area (Å²) in [5, 5.41) is 0.485. The fraction of sp³-hybridized carbons (Fsp3) is 0.273. The van der Waals surface area contributed by atoms with Crippen molar-refractivity contribution in [3.63, 3.8) is 0 Å². The van der Waals surface area contributed by atoms with Crippen LogP contribution in [-0.2, 0) is 6.42 Å². The molecule has 0 saturated heterocycles. The number of aromatic nitrogens is 2. The van der Waals surface area contributed by atoms with E-state index in [0.717, 1.165) is 18.6 Å². The third kappa shape index (κ3) is 2.04. The Hall–Kier alpha value is -1.10. The summed E-state index contributed by atoms with van der Waals surface area (Å²) in [6, 6.07) is 2.20. The Bertz CT molecular complexity index is 543. The Morgan fingerprint density at radius 1 is 1.19 bits per heavy atom. The van der Waals surface area contributed by atoms with Gasteiger partial charge in [0.2, 0.25) is 0 Å². The van der Waals surface area contributed by atoms with Crippen molar-refractivity contribution in [3.05, 3.63) is 34.2 Å². The van der Waals surface area contributed by atoms with Gasteiger partial charge < -0.3 is 0 Å². The minimum Gasteiger partial charge on any atom is -0.233 e. The standard InChI is InChI=1S/C11H9BrF2N2/c1-2-3-10-15-9-5-8(14)7(13)4-6(9)11(12)16-10/h4-5H,2-3H2,1H3. The highest BCUT2D eigenvalue weighted by Crippen LogP contribution is 2.23. The van der Waals surface area contributed by atoms with Crippen LogP contribution in [0, 0.1) is 11.6 Å². The Morgan fingerprint density at radius 2 is 1.88 bits per heavy atom. The molecular formula is C11H9BrF2N2. The van der Waals surface area contributed by atoms with E-state index >= 15 is 0 Å². The SMILES string of the molecule is CCCc1nc(Br)c2cc(F)c(F)cc2n1. The third-order valence-corrected chi connectivity index (χ3v) is 2.82. The molecule has 0 fully saturated rings. The predicted octanol–water partition coefficient (Wildman–Crippen LogP) is 3.62. The average molecular weight is 287 g/mol. The van der Waals surface area contributed by atoms with Crippen molar-refractivity contribution in [1.29, 1.82) is 0 Å². The summed E-state index contributed by atoms with van der Waals surface area (Å²) in [6.07, 6.45) is 1.62. The highest BCUT2D eigenvalue weighted by Gasteiger charge is 2.10. The lowest BCUT2D eigenvalue weighted by Gasteiger charge is -2.04. The van der Waals surface area contributed by atoms with E-state index in [-0.39, 0.29) is 0 Å². The molecule has 0 saturated carbocycles. The molecule has 0 amide bonds. The van der Waals surface area contributed by atoms with E-state index in [1.54, 1.807) is 0 Å². The molecule has 1 aromatic carbocycles. The van der Waals surface area contributed by atoms with E-state index in [2.05, 4.69) is 25.9 Å². The number of halogens is 3. The minimum absolute atomic E-state index is 0.421. The first kappa shape index (κ1) is 11.4. The van der Waals surface area contributed by atoms with E-state index in [1.807, 2.05) is 6.92 Å². The molecule has 2 rings (SSSR count). The first-order chi connectivity index (χ1) is 7.61. The van der Waals surface area contributed by atoms with Gasteiger partial charge in [-0.15, -0.1) is 0 Å². The summed E-state index contributed by atoms with van der Waals surface area (Å²) in [5.74, 6) is -1.14. The summed E-state index contributed by atoms with van der Waals surface area (Å²) >= 11 is 3.24. The van der Waals surface area contributed by atoms with Crippen molar-refractivity contribution in [1.82, 2.24) is 9.97 Å². The monoisotopic (exact) mass is 286 g/mol. The lowest BCUT2D eigenvalue weighted by atomic mass is 10.2. The first-order valence-electron chi connectivity index (χ1n) is 4.93. The van der Waals surface area contributed by atoms with Crippen LogP contribution >= 0.6 is 15.9 Å².